The van der Waals surface area contributed by atoms with Crippen LogP contribution in [0.2, 0.25) is 5.02 Å². The Bertz CT molecular complexity index is 482. The Labute approximate surface area is 126 Å². The highest BCUT2D eigenvalue weighted by molar-refractivity contribution is 9.11. The number of rotatable bonds is 6. The Morgan fingerprint density at radius 2 is 2.11 bits per heavy atom. The molecule has 0 aliphatic rings. The van der Waals surface area contributed by atoms with Crippen molar-refractivity contribution >= 4 is 48.9 Å². The van der Waals surface area contributed by atoms with Crippen LogP contribution in [0.5, 0.6) is 0 Å². The third-order valence-corrected chi connectivity index (χ3v) is 7.23. The fourth-order valence-electron chi connectivity index (χ4n) is 1.60. The summed E-state index contributed by atoms with van der Waals surface area (Å²) in [4.78, 5) is 0. The maximum absolute atomic E-state index is 12.1. The van der Waals surface area contributed by atoms with Gasteiger partial charge in [-0.3, -0.25) is 0 Å². The molecular formula is C11H17BrClNO2S2. The minimum Gasteiger partial charge on any atom is -0.208 e. The summed E-state index contributed by atoms with van der Waals surface area (Å²) in [5.41, 5.74) is 0. The fraction of sp³-hybridized carbons (Fsp3) is 0.636. The highest BCUT2D eigenvalue weighted by atomic mass is 79.9. The molecule has 0 saturated carbocycles. The molecule has 0 aliphatic carbocycles. The normalized spacial score (nSPS) is 15.6. The van der Waals surface area contributed by atoms with Crippen molar-refractivity contribution in [2.75, 3.05) is 0 Å². The zero-order chi connectivity index (χ0) is 13.9. The zero-order valence-electron chi connectivity index (χ0n) is 10.5. The van der Waals surface area contributed by atoms with E-state index in [-0.39, 0.29) is 10.3 Å². The average Bonchev–Trinajstić information content (AvgIpc) is 2.59. The lowest BCUT2D eigenvalue weighted by atomic mass is 10.0. The van der Waals surface area contributed by atoms with Crippen molar-refractivity contribution in [2.45, 2.75) is 43.9 Å². The van der Waals surface area contributed by atoms with E-state index < -0.39 is 10.0 Å². The van der Waals surface area contributed by atoms with Crippen molar-refractivity contribution in [3.8, 4) is 0 Å². The van der Waals surface area contributed by atoms with Crippen LogP contribution in [-0.2, 0) is 10.0 Å². The average molecular weight is 375 g/mol. The Kier molecular flexibility index (Phi) is 6.12. The number of halogens is 2. The summed E-state index contributed by atoms with van der Waals surface area (Å²) < 4.78 is 27.8. The predicted octanol–water partition coefficient (Wildman–Crippen LogP) is 4.27. The molecule has 7 heteroatoms. The van der Waals surface area contributed by atoms with Crippen molar-refractivity contribution in [3.63, 3.8) is 0 Å². The van der Waals surface area contributed by atoms with Crippen molar-refractivity contribution in [3.05, 3.63) is 14.9 Å². The standard InChI is InChI=1S/C11H17BrClNO2S2/c1-4-7(2)5-8(3)14-18(15,16)10-6-9(13)11(12)17-10/h6-8,14H,4-5H2,1-3H3. The van der Waals surface area contributed by atoms with Crippen LogP contribution in [0.25, 0.3) is 0 Å². The van der Waals surface area contributed by atoms with Gasteiger partial charge in [-0.2, -0.15) is 0 Å². The van der Waals surface area contributed by atoms with Gasteiger partial charge in [-0.1, -0.05) is 31.9 Å². The van der Waals surface area contributed by atoms with Gasteiger partial charge in [0.1, 0.15) is 4.21 Å². The van der Waals surface area contributed by atoms with Gasteiger partial charge in [-0.25, -0.2) is 13.1 Å². The summed E-state index contributed by atoms with van der Waals surface area (Å²) in [6.07, 6.45) is 1.87. The van der Waals surface area contributed by atoms with E-state index in [0.717, 1.165) is 24.2 Å². The lowest BCUT2D eigenvalue weighted by molar-refractivity contribution is 0.446. The highest BCUT2D eigenvalue weighted by Crippen LogP contribution is 2.34. The summed E-state index contributed by atoms with van der Waals surface area (Å²) in [5.74, 6) is 0.501. The van der Waals surface area contributed by atoms with Crippen molar-refractivity contribution in [1.29, 1.82) is 0 Å². The van der Waals surface area contributed by atoms with Gasteiger partial charge in [0, 0.05) is 6.04 Å². The molecule has 2 atom stereocenters. The summed E-state index contributed by atoms with van der Waals surface area (Å²) >= 11 is 10.2. The monoisotopic (exact) mass is 373 g/mol. The first-order chi connectivity index (χ1) is 8.26. The van der Waals surface area contributed by atoms with E-state index >= 15 is 0 Å². The molecule has 3 nitrogen and oxygen atoms in total. The maximum Gasteiger partial charge on any atom is 0.250 e. The molecule has 0 aromatic carbocycles. The van der Waals surface area contributed by atoms with Gasteiger partial charge >= 0.3 is 0 Å². The molecule has 18 heavy (non-hydrogen) atoms. The first kappa shape index (κ1) is 16.4. The molecule has 1 rings (SSSR count). The molecule has 0 aliphatic heterocycles. The molecule has 0 spiro atoms. The van der Waals surface area contributed by atoms with Crippen molar-refractivity contribution in [2.24, 2.45) is 5.92 Å². The first-order valence-corrected chi connectivity index (χ1v) is 9.20. The summed E-state index contributed by atoms with van der Waals surface area (Å²) in [5, 5.41) is 0.426. The van der Waals surface area contributed by atoms with E-state index in [4.69, 9.17) is 11.6 Å². The van der Waals surface area contributed by atoms with E-state index in [1.807, 2.05) is 6.92 Å². The van der Waals surface area contributed by atoms with Gasteiger partial charge in [-0.05, 0) is 41.3 Å². The van der Waals surface area contributed by atoms with Crippen LogP contribution in [0.15, 0.2) is 14.1 Å². The second-order valence-corrected chi connectivity index (χ2v) is 9.18. The SMILES string of the molecule is CCC(C)CC(C)NS(=O)(=O)c1cc(Cl)c(Br)s1. The van der Waals surface area contributed by atoms with Crippen LogP contribution in [0.3, 0.4) is 0 Å². The van der Waals surface area contributed by atoms with E-state index in [1.165, 1.54) is 6.07 Å². The van der Waals surface area contributed by atoms with Gasteiger partial charge in [-0.15, -0.1) is 11.3 Å². The minimum atomic E-state index is -3.46. The smallest absolute Gasteiger partial charge is 0.208 e. The van der Waals surface area contributed by atoms with E-state index in [0.29, 0.717) is 14.7 Å². The molecule has 104 valence electrons. The number of nitrogens with one attached hydrogen (secondary N) is 1. The maximum atomic E-state index is 12.1. The molecule has 1 heterocycles. The molecule has 1 N–H and O–H groups in total. The molecule has 0 amide bonds. The fourth-order valence-corrected chi connectivity index (χ4v) is 5.27. The number of sulfonamides is 1. The second-order valence-electron chi connectivity index (χ2n) is 4.46. The summed E-state index contributed by atoms with van der Waals surface area (Å²) in [6.45, 7) is 6.10. The molecular weight excluding hydrogens is 358 g/mol. The molecule has 0 bridgehead atoms. The highest BCUT2D eigenvalue weighted by Gasteiger charge is 2.21. The van der Waals surface area contributed by atoms with Crippen molar-refractivity contribution < 1.29 is 8.42 Å². The lowest BCUT2D eigenvalue weighted by Gasteiger charge is -2.16. The molecule has 1 aromatic heterocycles. The van der Waals surface area contributed by atoms with Gasteiger partial charge in [0.15, 0.2) is 0 Å². The molecule has 0 radical (unpaired) electrons. The number of hydrogen-bond acceptors (Lipinski definition) is 3. The van der Waals surface area contributed by atoms with Crippen LogP contribution < -0.4 is 4.72 Å². The van der Waals surface area contributed by atoms with Crippen LogP contribution in [0.4, 0.5) is 0 Å². The number of thiophene rings is 1. The van der Waals surface area contributed by atoms with Crippen LogP contribution in [0.1, 0.15) is 33.6 Å². The molecule has 2 unspecified atom stereocenters. The Hall–Kier alpha value is 0.380. The van der Waals surface area contributed by atoms with E-state index in [9.17, 15) is 8.42 Å². The van der Waals surface area contributed by atoms with E-state index in [1.54, 1.807) is 0 Å². The minimum absolute atomic E-state index is 0.0791. The third kappa shape index (κ3) is 4.49. The molecule has 1 aromatic rings. The van der Waals surface area contributed by atoms with Gasteiger partial charge in [0.25, 0.3) is 0 Å². The van der Waals surface area contributed by atoms with Gasteiger partial charge in [0.2, 0.25) is 10.0 Å². The van der Waals surface area contributed by atoms with Crippen LogP contribution in [-0.4, -0.2) is 14.5 Å². The summed E-state index contributed by atoms with van der Waals surface area (Å²) in [6, 6.07) is 1.39. The lowest BCUT2D eigenvalue weighted by Crippen LogP contribution is -2.33. The van der Waals surface area contributed by atoms with Gasteiger partial charge < -0.3 is 0 Å². The Morgan fingerprint density at radius 3 is 2.56 bits per heavy atom. The molecule has 0 fully saturated rings. The predicted molar refractivity (Wildman–Crippen MR) is 80.9 cm³/mol. The van der Waals surface area contributed by atoms with Crippen molar-refractivity contribution in [1.82, 2.24) is 4.72 Å². The third-order valence-electron chi connectivity index (χ3n) is 2.70. The number of hydrogen-bond donors (Lipinski definition) is 1. The van der Waals surface area contributed by atoms with Crippen LogP contribution in [0, 0.1) is 5.92 Å². The first-order valence-electron chi connectivity index (χ1n) is 5.73. The molecule has 0 saturated heterocycles. The summed E-state index contributed by atoms with van der Waals surface area (Å²) in [7, 11) is -3.46. The Balaban J connectivity index is 2.76. The zero-order valence-corrected chi connectivity index (χ0v) is 14.5. The topological polar surface area (TPSA) is 46.2 Å². The van der Waals surface area contributed by atoms with Gasteiger partial charge in [0.05, 0.1) is 8.81 Å². The second kappa shape index (κ2) is 6.70. The quantitative estimate of drug-likeness (QED) is 0.808. The van der Waals surface area contributed by atoms with Crippen LogP contribution >= 0.6 is 38.9 Å². The Morgan fingerprint density at radius 1 is 1.50 bits per heavy atom. The van der Waals surface area contributed by atoms with E-state index in [2.05, 4.69) is 34.5 Å². The largest absolute Gasteiger partial charge is 0.250 e.